The summed E-state index contributed by atoms with van der Waals surface area (Å²) in [5, 5.41) is 3.13. The fourth-order valence-electron chi connectivity index (χ4n) is 2.59. The number of anilines is 2. The summed E-state index contributed by atoms with van der Waals surface area (Å²) in [5.41, 5.74) is 0.793. The van der Waals surface area contributed by atoms with Crippen LogP contribution in [0.15, 0.2) is 48.5 Å². The van der Waals surface area contributed by atoms with E-state index in [1.165, 1.54) is 13.0 Å². The van der Waals surface area contributed by atoms with E-state index in [-0.39, 0.29) is 6.10 Å². The number of halogens is 1. The van der Waals surface area contributed by atoms with Gasteiger partial charge in [0, 0.05) is 5.02 Å². The van der Waals surface area contributed by atoms with Gasteiger partial charge < -0.3 is 10.1 Å². The maximum Gasteiger partial charge on any atom is 0.248 e. The summed E-state index contributed by atoms with van der Waals surface area (Å²) in [4.78, 5) is 12.8. The van der Waals surface area contributed by atoms with Crippen molar-refractivity contribution in [2.45, 2.75) is 32.9 Å². The van der Waals surface area contributed by atoms with Crippen LogP contribution in [0, 0.1) is 0 Å². The third-order valence-corrected chi connectivity index (χ3v) is 5.14. The van der Waals surface area contributed by atoms with E-state index in [2.05, 4.69) is 5.32 Å². The molecule has 27 heavy (non-hydrogen) atoms. The maximum atomic E-state index is 12.8. The Morgan fingerprint density at radius 1 is 1.11 bits per heavy atom. The molecular weight excluding hydrogens is 388 g/mol. The van der Waals surface area contributed by atoms with Gasteiger partial charge in [-0.1, -0.05) is 29.8 Å². The highest BCUT2D eigenvalue weighted by atomic mass is 35.5. The molecule has 2 aromatic carbocycles. The first-order valence-electron chi connectivity index (χ1n) is 8.41. The van der Waals surface area contributed by atoms with Crippen LogP contribution in [0.3, 0.4) is 0 Å². The number of carbonyl (C=O) groups excluding carboxylic acids is 1. The molecule has 1 atom stereocenters. The van der Waals surface area contributed by atoms with Gasteiger partial charge in [-0.05, 0) is 51.1 Å². The first kappa shape index (κ1) is 21.1. The molecule has 146 valence electrons. The Hall–Kier alpha value is -2.25. The lowest BCUT2D eigenvalue weighted by Crippen LogP contribution is -2.45. The summed E-state index contributed by atoms with van der Waals surface area (Å²) in [6, 6.07) is 12.4. The van der Waals surface area contributed by atoms with Crippen LogP contribution in [0.1, 0.15) is 20.8 Å². The molecule has 0 aliphatic carbocycles. The first-order valence-corrected chi connectivity index (χ1v) is 10.6. The number of rotatable bonds is 7. The normalized spacial score (nSPS) is 12.5. The lowest BCUT2D eigenvalue weighted by Gasteiger charge is -2.28. The van der Waals surface area contributed by atoms with Crippen LogP contribution in [0.4, 0.5) is 11.4 Å². The highest BCUT2D eigenvalue weighted by Gasteiger charge is 2.29. The molecule has 0 bridgehead atoms. The molecule has 0 spiro atoms. The van der Waals surface area contributed by atoms with E-state index in [9.17, 15) is 13.2 Å². The van der Waals surface area contributed by atoms with Crippen LogP contribution < -0.4 is 14.4 Å². The molecule has 0 saturated heterocycles. The van der Waals surface area contributed by atoms with Gasteiger partial charge in [-0.15, -0.1) is 0 Å². The van der Waals surface area contributed by atoms with Crippen LogP contribution in [0.2, 0.25) is 5.02 Å². The quantitative estimate of drug-likeness (QED) is 0.750. The van der Waals surface area contributed by atoms with E-state index in [1.807, 2.05) is 13.8 Å². The predicted octanol–water partition coefficient (Wildman–Crippen LogP) is 3.92. The highest BCUT2D eigenvalue weighted by molar-refractivity contribution is 7.92. The van der Waals surface area contributed by atoms with E-state index in [1.54, 1.807) is 42.5 Å². The largest absolute Gasteiger partial charge is 0.489 e. The zero-order valence-corrected chi connectivity index (χ0v) is 17.2. The molecule has 0 heterocycles. The molecule has 1 unspecified atom stereocenters. The van der Waals surface area contributed by atoms with Crippen LogP contribution in [0.5, 0.6) is 5.75 Å². The van der Waals surface area contributed by atoms with Gasteiger partial charge in [-0.2, -0.15) is 0 Å². The summed E-state index contributed by atoms with van der Waals surface area (Å²) in [6.45, 7) is 5.28. The van der Waals surface area contributed by atoms with E-state index >= 15 is 0 Å². The lowest BCUT2D eigenvalue weighted by molar-refractivity contribution is -0.116. The smallest absolute Gasteiger partial charge is 0.248 e. The Bertz CT molecular complexity index is 915. The Labute approximate surface area is 165 Å². The van der Waals surface area contributed by atoms with Gasteiger partial charge in [0.25, 0.3) is 0 Å². The number of nitrogens with one attached hydrogen (secondary N) is 1. The first-order chi connectivity index (χ1) is 12.6. The van der Waals surface area contributed by atoms with E-state index in [0.29, 0.717) is 22.1 Å². The molecule has 1 amide bonds. The number of hydrogen-bond acceptors (Lipinski definition) is 4. The Kier molecular flexibility index (Phi) is 6.73. The van der Waals surface area contributed by atoms with Crippen molar-refractivity contribution in [3.63, 3.8) is 0 Å². The third kappa shape index (κ3) is 5.61. The molecule has 0 aliphatic rings. The molecule has 1 N–H and O–H groups in total. The minimum atomic E-state index is -3.72. The fourth-order valence-corrected chi connectivity index (χ4v) is 3.94. The van der Waals surface area contributed by atoms with Crippen molar-refractivity contribution < 1.29 is 17.9 Å². The topological polar surface area (TPSA) is 75.7 Å². The van der Waals surface area contributed by atoms with Gasteiger partial charge in [0.05, 0.1) is 23.7 Å². The van der Waals surface area contributed by atoms with Gasteiger partial charge in [-0.25, -0.2) is 8.42 Å². The number of benzene rings is 2. The maximum absolute atomic E-state index is 12.8. The van der Waals surface area contributed by atoms with Gasteiger partial charge in [0.15, 0.2) is 0 Å². The zero-order chi connectivity index (χ0) is 20.2. The van der Waals surface area contributed by atoms with Crippen molar-refractivity contribution in [1.29, 1.82) is 0 Å². The average Bonchev–Trinajstić information content (AvgIpc) is 2.55. The summed E-state index contributed by atoms with van der Waals surface area (Å²) in [7, 11) is -3.72. The molecule has 2 rings (SSSR count). The minimum Gasteiger partial charge on any atom is -0.489 e. The van der Waals surface area contributed by atoms with Gasteiger partial charge in [0.1, 0.15) is 11.8 Å². The predicted molar refractivity (Wildman–Crippen MR) is 109 cm³/mol. The third-order valence-electron chi connectivity index (χ3n) is 3.66. The molecule has 0 fully saturated rings. The summed E-state index contributed by atoms with van der Waals surface area (Å²) >= 11 is 5.98. The van der Waals surface area contributed by atoms with Crippen molar-refractivity contribution in [2.24, 2.45) is 0 Å². The fraction of sp³-hybridized carbons (Fsp3) is 0.316. The average molecular weight is 411 g/mol. The number of carbonyl (C=O) groups is 1. The van der Waals surface area contributed by atoms with E-state index in [0.717, 1.165) is 10.6 Å². The Balaban J connectivity index is 2.32. The van der Waals surface area contributed by atoms with Crippen LogP contribution in [-0.2, 0) is 14.8 Å². The number of ether oxygens (including phenoxy) is 1. The second-order valence-corrected chi connectivity index (χ2v) is 8.66. The van der Waals surface area contributed by atoms with Crippen molar-refractivity contribution in [2.75, 3.05) is 15.9 Å². The van der Waals surface area contributed by atoms with Crippen molar-refractivity contribution >= 4 is 38.9 Å². The summed E-state index contributed by atoms with van der Waals surface area (Å²) < 4.78 is 31.4. The number of hydrogen-bond donors (Lipinski definition) is 1. The molecule has 6 nitrogen and oxygen atoms in total. The highest BCUT2D eigenvalue weighted by Crippen LogP contribution is 2.27. The standard InChI is InChI=1S/C19H23ClN2O4S/c1-13(2)26-18-11-6-5-10-17(18)21-19(23)14(3)22(27(4,24)25)16-9-7-8-15(20)12-16/h5-14H,1-4H3,(H,21,23). The zero-order valence-electron chi connectivity index (χ0n) is 15.6. The van der Waals surface area contributed by atoms with Gasteiger partial charge in [-0.3, -0.25) is 9.10 Å². The van der Waals surface area contributed by atoms with Crippen molar-refractivity contribution in [3.8, 4) is 5.75 Å². The number of sulfonamides is 1. The summed E-state index contributed by atoms with van der Waals surface area (Å²) in [6.07, 6.45) is 0.979. The molecule has 0 radical (unpaired) electrons. The van der Waals surface area contributed by atoms with Gasteiger partial charge >= 0.3 is 0 Å². The second-order valence-electron chi connectivity index (χ2n) is 6.37. The van der Waals surface area contributed by atoms with Crippen LogP contribution in [-0.4, -0.2) is 32.7 Å². The number of amides is 1. The molecule has 0 aliphatic heterocycles. The van der Waals surface area contributed by atoms with E-state index < -0.39 is 22.0 Å². The monoisotopic (exact) mass is 410 g/mol. The van der Waals surface area contributed by atoms with Crippen molar-refractivity contribution in [1.82, 2.24) is 0 Å². The molecular formula is C19H23ClN2O4S. The second kappa shape index (κ2) is 8.63. The molecule has 0 saturated carbocycles. The Morgan fingerprint density at radius 3 is 2.37 bits per heavy atom. The van der Waals surface area contributed by atoms with Crippen LogP contribution >= 0.6 is 11.6 Å². The van der Waals surface area contributed by atoms with Gasteiger partial charge in [0.2, 0.25) is 15.9 Å². The molecule has 8 heteroatoms. The minimum absolute atomic E-state index is 0.0699. The number of nitrogens with zero attached hydrogens (tertiary/aromatic N) is 1. The van der Waals surface area contributed by atoms with E-state index in [4.69, 9.17) is 16.3 Å². The number of para-hydroxylation sites is 2. The summed E-state index contributed by atoms with van der Waals surface area (Å²) in [5.74, 6) is 0.0296. The van der Waals surface area contributed by atoms with Crippen molar-refractivity contribution in [3.05, 3.63) is 53.6 Å². The SMILES string of the molecule is CC(C)Oc1ccccc1NC(=O)C(C)N(c1cccc(Cl)c1)S(C)(=O)=O. The molecule has 0 aromatic heterocycles. The lowest BCUT2D eigenvalue weighted by atomic mass is 10.2. The molecule has 2 aromatic rings. The van der Waals surface area contributed by atoms with Crippen LogP contribution in [0.25, 0.3) is 0 Å². The Morgan fingerprint density at radius 2 is 1.78 bits per heavy atom.